The number of benzene rings is 3. The van der Waals surface area contributed by atoms with Crippen LogP contribution in [-0.4, -0.2) is 30.1 Å². The van der Waals surface area contributed by atoms with E-state index in [1.807, 2.05) is 0 Å². The molecule has 3 N–H and O–H groups in total. The van der Waals surface area contributed by atoms with Crippen molar-refractivity contribution in [3.05, 3.63) is 117 Å². The van der Waals surface area contributed by atoms with Crippen molar-refractivity contribution in [2.75, 3.05) is 23.0 Å². The Balaban J connectivity index is 1.58. The normalized spacial score (nSPS) is 14.8. The van der Waals surface area contributed by atoms with Crippen molar-refractivity contribution in [2.24, 2.45) is 0 Å². The molecule has 1 atom stereocenters. The average Bonchev–Trinajstić information content (AvgIpc) is 3.00. The first-order chi connectivity index (χ1) is 21.0. The van der Waals surface area contributed by atoms with Crippen molar-refractivity contribution in [3.63, 3.8) is 0 Å². The van der Waals surface area contributed by atoms with Gasteiger partial charge in [0, 0.05) is 17.0 Å². The number of nitriles is 1. The quantitative estimate of drug-likeness (QED) is 0.231. The van der Waals surface area contributed by atoms with Crippen LogP contribution in [0.4, 0.5) is 24.5 Å². The van der Waals surface area contributed by atoms with E-state index in [9.17, 15) is 32.8 Å². The third-order valence-corrected chi connectivity index (χ3v) is 7.55. The third kappa shape index (κ3) is 7.48. The lowest BCUT2D eigenvalue weighted by atomic mass is 9.82. The van der Waals surface area contributed by atoms with Crippen LogP contribution in [0.2, 0.25) is 0 Å². The molecule has 12 heteroatoms. The minimum atomic E-state index is -4.65. The van der Waals surface area contributed by atoms with E-state index in [-0.39, 0.29) is 29.2 Å². The second-order valence-corrected chi connectivity index (χ2v) is 10.5. The Morgan fingerprint density at radius 3 is 2.27 bits per heavy atom. The number of halogens is 3. The first-order valence-corrected chi connectivity index (χ1v) is 14.4. The zero-order valence-corrected chi connectivity index (χ0v) is 24.4. The van der Waals surface area contributed by atoms with Crippen LogP contribution < -0.4 is 16.0 Å². The Morgan fingerprint density at radius 1 is 0.977 bits per heavy atom. The number of esters is 1. The summed E-state index contributed by atoms with van der Waals surface area (Å²) in [5.74, 6) is -2.80. The predicted octanol–water partition coefficient (Wildman–Crippen LogP) is 6.59. The lowest BCUT2D eigenvalue weighted by Crippen LogP contribution is -2.31. The van der Waals surface area contributed by atoms with Crippen molar-refractivity contribution < 1.29 is 32.3 Å². The largest absolute Gasteiger partial charge is 0.462 e. The van der Waals surface area contributed by atoms with E-state index < -0.39 is 35.4 Å². The zero-order valence-electron chi connectivity index (χ0n) is 23.6. The molecule has 1 aliphatic heterocycles. The van der Waals surface area contributed by atoms with Gasteiger partial charge in [-0.3, -0.25) is 9.59 Å². The molecule has 0 aromatic heterocycles. The number of para-hydroxylation sites is 1. The molecule has 4 rings (SSSR count). The van der Waals surface area contributed by atoms with E-state index in [1.54, 1.807) is 56.3 Å². The summed E-state index contributed by atoms with van der Waals surface area (Å²) in [6, 6.07) is 21.8. The number of carbonyl (C=O) groups is 3. The molecule has 0 spiro atoms. The summed E-state index contributed by atoms with van der Waals surface area (Å²) < 4.78 is 45.1. The Labute approximate surface area is 256 Å². The molecule has 3 aromatic rings. The van der Waals surface area contributed by atoms with Crippen molar-refractivity contribution in [2.45, 2.75) is 25.9 Å². The van der Waals surface area contributed by atoms with Crippen molar-refractivity contribution >= 4 is 40.9 Å². The maximum Gasteiger partial charge on any atom is 0.418 e. The zero-order chi connectivity index (χ0) is 31.9. The highest BCUT2D eigenvalue weighted by Gasteiger charge is 2.36. The molecule has 1 heterocycles. The number of hydrogen-bond donors (Lipinski definition) is 3. The summed E-state index contributed by atoms with van der Waals surface area (Å²) in [5.41, 5.74) is 0.883. The molecular formula is C32H27F3N4O4S. The summed E-state index contributed by atoms with van der Waals surface area (Å²) in [5, 5.41) is 18.7. The molecule has 44 heavy (non-hydrogen) atoms. The molecule has 0 radical (unpaired) electrons. The number of carbonyl (C=O) groups excluding carboxylic acids is 3. The highest BCUT2D eigenvalue weighted by Crippen LogP contribution is 2.41. The number of nitrogens with zero attached hydrogens (tertiary/aromatic N) is 1. The number of allylic oxidation sites excluding steroid dienone is 2. The van der Waals surface area contributed by atoms with Crippen LogP contribution in [0.15, 0.2) is 101 Å². The molecule has 3 aromatic carbocycles. The molecule has 0 bridgehead atoms. The summed E-state index contributed by atoms with van der Waals surface area (Å²) in [4.78, 5) is 38.3. The lowest BCUT2D eigenvalue weighted by molar-refractivity contribution is -0.137. The molecule has 1 aliphatic rings. The Bertz CT molecular complexity index is 1660. The van der Waals surface area contributed by atoms with Crippen molar-refractivity contribution in [1.82, 2.24) is 5.32 Å². The SMILES string of the molecule is CCOC(=O)c1ccc(NC(=O)C2=C(C)NC(SCC(=O)Nc3ccccc3C(F)(F)F)=C(C#N)[C@@H]2c2ccccc2)cc1. The molecule has 2 amide bonds. The number of amides is 2. The van der Waals surface area contributed by atoms with Crippen LogP contribution in [0.5, 0.6) is 0 Å². The van der Waals surface area contributed by atoms with Gasteiger partial charge in [-0.2, -0.15) is 18.4 Å². The van der Waals surface area contributed by atoms with Gasteiger partial charge in [-0.25, -0.2) is 4.79 Å². The van der Waals surface area contributed by atoms with E-state index in [1.165, 1.54) is 24.3 Å². The number of rotatable bonds is 9. The average molecular weight is 621 g/mol. The fourth-order valence-corrected chi connectivity index (χ4v) is 5.46. The second kappa shape index (κ2) is 14.0. The number of nitrogens with one attached hydrogen (secondary N) is 3. The summed E-state index contributed by atoms with van der Waals surface area (Å²) in [6.45, 7) is 3.58. The van der Waals surface area contributed by atoms with Crippen LogP contribution in [0, 0.1) is 11.3 Å². The smallest absolute Gasteiger partial charge is 0.418 e. The van der Waals surface area contributed by atoms with E-state index >= 15 is 0 Å². The summed E-state index contributed by atoms with van der Waals surface area (Å²) >= 11 is 0.942. The molecular weight excluding hydrogens is 593 g/mol. The minimum Gasteiger partial charge on any atom is -0.462 e. The number of anilines is 2. The van der Waals surface area contributed by atoms with Crippen LogP contribution in [0.3, 0.4) is 0 Å². The maximum atomic E-state index is 13.6. The van der Waals surface area contributed by atoms with E-state index in [4.69, 9.17) is 4.74 Å². The molecule has 226 valence electrons. The van der Waals surface area contributed by atoms with Crippen molar-refractivity contribution in [3.8, 4) is 6.07 Å². The second-order valence-electron chi connectivity index (χ2n) is 9.49. The molecule has 0 fully saturated rings. The topological polar surface area (TPSA) is 120 Å². The van der Waals surface area contributed by atoms with Gasteiger partial charge < -0.3 is 20.7 Å². The summed E-state index contributed by atoms with van der Waals surface area (Å²) in [6.07, 6.45) is -4.65. The van der Waals surface area contributed by atoms with Crippen LogP contribution in [0.1, 0.15) is 41.3 Å². The fourth-order valence-electron chi connectivity index (χ4n) is 4.57. The van der Waals surface area contributed by atoms with Gasteiger partial charge in [-0.05, 0) is 55.8 Å². The van der Waals surface area contributed by atoms with Gasteiger partial charge in [0.15, 0.2) is 0 Å². The molecule has 0 saturated heterocycles. The molecule has 0 aliphatic carbocycles. The Hall–Kier alpha value is -5.02. The van der Waals surface area contributed by atoms with Gasteiger partial charge in [-0.1, -0.05) is 54.2 Å². The Kier molecular flexibility index (Phi) is 10.1. The molecule has 0 saturated carbocycles. The first-order valence-electron chi connectivity index (χ1n) is 13.4. The predicted molar refractivity (Wildman–Crippen MR) is 161 cm³/mol. The number of hydrogen-bond acceptors (Lipinski definition) is 7. The Morgan fingerprint density at radius 2 is 1.64 bits per heavy atom. The van der Waals surface area contributed by atoms with Gasteiger partial charge in [-0.15, -0.1) is 0 Å². The standard InChI is InChI=1S/C32H27F3N4O4S/c1-3-43-31(42)21-13-15-22(16-14-21)38-29(41)27-19(2)37-30(23(17-36)28(27)20-9-5-4-6-10-20)44-18-26(40)39-25-12-8-7-11-24(25)32(33,34)35/h4-16,28,37H,3,18H2,1-2H3,(H,38,41)(H,39,40)/t28-/m0/s1. The van der Waals surface area contributed by atoms with Gasteiger partial charge in [0.1, 0.15) is 0 Å². The van der Waals surface area contributed by atoms with Crippen molar-refractivity contribution in [1.29, 1.82) is 5.26 Å². The molecule has 8 nitrogen and oxygen atoms in total. The number of thioether (sulfide) groups is 1. The van der Waals surface area contributed by atoms with Gasteiger partial charge in [0.05, 0.1) is 51.8 Å². The fraction of sp³-hybridized carbons (Fsp3) is 0.188. The van der Waals surface area contributed by atoms with E-state index in [0.717, 1.165) is 23.9 Å². The number of dihydropyridines is 1. The van der Waals surface area contributed by atoms with Crippen LogP contribution >= 0.6 is 11.8 Å². The minimum absolute atomic E-state index is 0.165. The monoisotopic (exact) mass is 620 g/mol. The van der Waals surface area contributed by atoms with E-state index in [0.29, 0.717) is 27.5 Å². The summed E-state index contributed by atoms with van der Waals surface area (Å²) in [7, 11) is 0. The lowest BCUT2D eigenvalue weighted by Gasteiger charge is -2.30. The van der Waals surface area contributed by atoms with Crippen LogP contribution in [0.25, 0.3) is 0 Å². The van der Waals surface area contributed by atoms with Gasteiger partial charge in [0.2, 0.25) is 5.91 Å². The van der Waals surface area contributed by atoms with Gasteiger partial charge >= 0.3 is 12.1 Å². The number of alkyl halides is 3. The van der Waals surface area contributed by atoms with E-state index in [2.05, 4.69) is 22.0 Å². The number of ether oxygens (including phenoxy) is 1. The first kappa shape index (κ1) is 31.9. The van der Waals surface area contributed by atoms with Gasteiger partial charge in [0.25, 0.3) is 5.91 Å². The highest BCUT2D eigenvalue weighted by molar-refractivity contribution is 8.03. The van der Waals surface area contributed by atoms with Crippen LogP contribution in [-0.2, 0) is 20.5 Å². The molecule has 0 unspecified atom stereocenters. The maximum absolute atomic E-state index is 13.6. The highest BCUT2D eigenvalue weighted by atomic mass is 32.2. The third-order valence-electron chi connectivity index (χ3n) is 6.53.